The van der Waals surface area contributed by atoms with Gasteiger partial charge in [0, 0.05) is 13.3 Å². The molecule has 0 radical (unpaired) electrons. The maximum atomic E-state index is 11.7. The second-order valence-corrected chi connectivity index (χ2v) is 7.06. The summed E-state index contributed by atoms with van der Waals surface area (Å²) < 4.78 is 16.8. The van der Waals surface area contributed by atoms with E-state index in [2.05, 4.69) is 5.32 Å². The topological polar surface area (TPSA) is 204 Å². The molecule has 2 aliphatic rings. The Morgan fingerprint density at radius 3 is 2.21 bits per heavy atom. The van der Waals surface area contributed by atoms with E-state index in [0.29, 0.717) is 0 Å². The lowest BCUT2D eigenvalue weighted by atomic mass is 9.87. The summed E-state index contributed by atoms with van der Waals surface area (Å²) in [4.78, 5) is 11.7. The Morgan fingerprint density at radius 2 is 1.71 bits per heavy atom. The van der Waals surface area contributed by atoms with Crippen LogP contribution in [0.2, 0.25) is 0 Å². The summed E-state index contributed by atoms with van der Waals surface area (Å²) in [5.41, 5.74) is 5.71. The number of carbonyl (C=O) groups is 1. The van der Waals surface area contributed by atoms with Gasteiger partial charge in [0.1, 0.15) is 42.7 Å². The number of aliphatic hydroxyl groups is 6. The van der Waals surface area contributed by atoms with Gasteiger partial charge in [-0.2, -0.15) is 0 Å². The van der Waals surface area contributed by atoms with E-state index in [1.165, 1.54) is 6.92 Å². The van der Waals surface area contributed by atoms with Gasteiger partial charge in [0.05, 0.1) is 19.3 Å². The molecule has 0 aromatic heterocycles. The normalized spacial score (nSPS) is 47.0. The van der Waals surface area contributed by atoms with Crippen LogP contribution in [0.25, 0.3) is 0 Å². The van der Waals surface area contributed by atoms with Crippen molar-refractivity contribution in [1.82, 2.24) is 5.32 Å². The first-order chi connectivity index (χ1) is 13.1. The summed E-state index contributed by atoms with van der Waals surface area (Å²) in [6, 6.07) is -2.53. The zero-order valence-corrected chi connectivity index (χ0v) is 15.7. The van der Waals surface area contributed by atoms with Gasteiger partial charge in [-0.3, -0.25) is 4.79 Å². The molecular formula is C16H30N2O10. The van der Waals surface area contributed by atoms with Gasteiger partial charge in [-0.15, -0.1) is 0 Å². The van der Waals surface area contributed by atoms with Crippen molar-refractivity contribution in [2.24, 2.45) is 5.73 Å². The van der Waals surface area contributed by atoms with Crippen LogP contribution in [0.3, 0.4) is 0 Å². The standard InChI is InChI=1S/C16H30N2O10/c1-3-16(28-13-8(5-20)26-15(25)9(17)11(13)23)14(18-6(2)21)12(24)10(22)7(4-19)27-16/h7-15,19-20,22-25H,3-5,17H2,1-2H3,(H,18,21)/t7?,8?,9?,10-,11?,12?,13-,14?,15-,16-/m1/s1. The zero-order valence-electron chi connectivity index (χ0n) is 15.7. The third-order valence-electron chi connectivity index (χ3n) is 5.18. The average molecular weight is 410 g/mol. The van der Waals surface area contributed by atoms with Crippen LogP contribution < -0.4 is 11.1 Å². The Hall–Kier alpha value is -0.930. The van der Waals surface area contributed by atoms with Gasteiger partial charge in [-0.25, -0.2) is 0 Å². The fourth-order valence-electron chi connectivity index (χ4n) is 3.60. The molecule has 0 aromatic rings. The van der Waals surface area contributed by atoms with E-state index in [-0.39, 0.29) is 6.42 Å². The number of hydrogen-bond acceptors (Lipinski definition) is 11. The number of amides is 1. The molecule has 28 heavy (non-hydrogen) atoms. The number of nitrogens with one attached hydrogen (secondary N) is 1. The molecule has 10 atom stereocenters. The molecule has 0 aromatic carbocycles. The van der Waals surface area contributed by atoms with E-state index in [0.717, 1.165) is 0 Å². The number of hydrogen-bond donors (Lipinski definition) is 8. The molecule has 2 rings (SSSR count). The Labute approximate surface area is 161 Å². The second kappa shape index (κ2) is 9.26. The molecule has 2 fully saturated rings. The van der Waals surface area contributed by atoms with Crippen molar-refractivity contribution in [3.8, 4) is 0 Å². The molecule has 12 heteroatoms. The van der Waals surface area contributed by atoms with Crippen molar-refractivity contribution in [2.45, 2.75) is 81.1 Å². The third-order valence-corrected chi connectivity index (χ3v) is 5.18. The lowest BCUT2D eigenvalue weighted by molar-refractivity contribution is -0.376. The highest BCUT2D eigenvalue weighted by Crippen LogP contribution is 2.37. The van der Waals surface area contributed by atoms with E-state index in [9.17, 15) is 35.4 Å². The highest BCUT2D eigenvalue weighted by molar-refractivity contribution is 5.73. The quantitative estimate of drug-likeness (QED) is 0.209. The molecule has 2 saturated heterocycles. The van der Waals surface area contributed by atoms with E-state index >= 15 is 0 Å². The van der Waals surface area contributed by atoms with Crippen molar-refractivity contribution in [1.29, 1.82) is 0 Å². The molecule has 2 heterocycles. The van der Waals surface area contributed by atoms with Crippen LogP contribution in [0.15, 0.2) is 0 Å². The van der Waals surface area contributed by atoms with Crippen LogP contribution in [-0.4, -0.2) is 111 Å². The lowest BCUT2D eigenvalue weighted by Gasteiger charge is -2.53. The fraction of sp³-hybridized carbons (Fsp3) is 0.938. The van der Waals surface area contributed by atoms with Crippen LogP contribution in [0.1, 0.15) is 20.3 Å². The predicted octanol–water partition coefficient (Wildman–Crippen LogP) is -4.51. The number of ether oxygens (including phenoxy) is 3. The Morgan fingerprint density at radius 1 is 1.11 bits per heavy atom. The molecule has 0 aliphatic carbocycles. The first-order valence-corrected chi connectivity index (χ1v) is 9.09. The van der Waals surface area contributed by atoms with Crippen LogP contribution in [0.4, 0.5) is 0 Å². The number of carbonyl (C=O) groups excluding carboxylic acids is 1. The zero-order chi connectivity index (χ0) is 21.2. The first-order valence-electron chi connectivity index (χ1n) is 9.09. The van der Waals surface area contributed by atoms with Crippen molar-refractivity contribution in [3.05, 3.63) is 0 Å². The highest BCUT2D eigenvalue weighted by Gasteiger charge is 2.57. The SMILES string of the molecule is CC[C@]1(O[C@@H]2C(CO)O[C@@H](O)C(N)C2O)OC(CO)[C@@H](O)C(O)C1NC(C)=O. The average Bonchev–Trinajstić information content (AvgIpc) is 2.67. The Balaban J connectivity index is 2.40. The smallest absolute Gasteiger partial charge is 0.217 e. The van der Waals surface area contributed by atoms with Crippen LogP contribution in [0.5, 0.6) is 0 Å². The van der Waals surface area contributed by atoms with Gasteiger partial charge >= 0.3 is 0 Å². The predicted molar refractivity (Wildman–Crippen MR) is 91.4 cm³/mol. The molecule has 0 saturated carbocycles. The van der Waals surface area contributed by atoms with Crippen LogP contribution in [0, 0.1) is 0 Å². The number of nitrogens with two attached hydrogens (primary N) is 1. The summed E-state index contributed by atoms with van der Waals surface area (Å²) in [6.07, 6.45) is -9.83. The minimum atomic E-state index is -1.80. The maximum absolute atomic E-state index is 11.7. The van der Waals surface area contributed by atoms with E-state index in [1.807, 2.05) is 0 Å². The molecule has 2 aliphatic heterocycles. The number of aliphatic hydroxyl groups excluding tert-OH is 6. The Kier molecular flexibility index (Phi) is 7.72. The Bertz CT molecular complexity index is 538. The molecule has 12 nitrogen and oxygen atoms in total. The minimum absolute atomic E-state index is 0.0113. The van der Waals surface area contributed by atoms with E-state index in [1.54, 1.807) is 6.92 Å². The summed E-state index contributed by atoms with van der Waals surface area (Å²) in [7, 11) is 0. The fourth-order valence-corrected chi connectivity index (χ4v) is 3.60. The van der Waals surface area contributed by atoms with Crippen molar-refractivity contribution in [3.63, 3.8) is 0 Å². The molecule has 0 bridgehead atoms. The van der Waals surface area contributed by atoms with E-state index < -0.39 is 79.9 Å². The highest BCUT2D eigenvalue weighted by atomic mass is 16.7. The summed E-state index contributed by atoms with van der Waals surface area (Å²) in [6.45, 7) is 1.51. The largest absolute Gasteiger partial charge is 0.394 e. The minimum Gasteiger partial charge on any atom is -0.394 e. The molecule has 6 unspecified atom stereocenters. The molecular weight excluding hydrogens is 380 g/mol. The summed E-state index contributed by atoms with van der Waals surface area (Å²) >= 11 is 0. The van der Waals surface area contributed by atoms with Gasteiger partial charge < -0.3 is 55.9 Å². The monoisotopic (exact) mass is 410 g/mol. The van der Waals surface area contributed by atoms with Crippen LogP contribution >= 0.6 is 0 Å². The van der Waals surface area contributed by atoms with E-state index in [4.69, 9.17) is 19.9 Å². The van der Waals surface area contributed by atoms with Crippen molar-refractivity contribution >= 4 is 5.91 Å². The number of rotatable bonds is 6. The molecule has 0 spiro atoms. The molecule has 164 valence electrons. The second-order valence-electron chi connectivity index (χ2n) is 7.06. The summed E-state index contributed by atoms with van der Waals surface area (Å²) in [5, 5.41) is 62.4. The van der Waals surface area contributed by atoms with Gasteiger partial charge in [0.15, 0.2) is 12.1 Å². The summed E-state index contributed by atoms with van der Waals surface area (Å²) in [5.74, 6) is -2.35. The molecule has 9 N–H and O–H groups in total. The van der Waals surface area contributed by atoms with Crippen molar-refractivity contribution < 1.29 is 49.6 Å². The van der Waals surface area contributed by atoms with Crippen molar-refractivity contribution in [2.75, 3.05) is 13.2 Å². The van der Waals surface area contributed by atoms with Gasteiger partial charge in [-0.05, 0) is 0 Å². The van der Waals surface area contributed by atoms with Crippen LogP contribution in [-0.2, 0) is 19.0 Å². The third kappa shape index (κ3) is 4.31. The first kappa shape index (κ1) is 23.3. The van der Waals surface area contributed by atoms with Gasteiger partial charge in [0.2, 0.25) is 5.91 Å². The van der Waals surface area contributed by atoms with Gasteiger partial charge in [-0.1, -0.05) is 6.92 Å². The van der Waals surface area contributed by atoms with Gasteiger partial charge in [0.25, 0.3) is 0 Å². The maximum Gasteiger partial charge on any atom is 0.217 e. The lowest BCUT2D eigenvalue weighted by Crippen LogP contribution is -2.73. The molecule has 1 amide bonds.